The number of benzene rings is 1. The number of aromatic nitrogens is 2. The molecule has 0 unspecified atom stereocenters. The molecule has 32 heavy (non-hydrogen) atoms. The second kappa shape index (κ2) is 9.68. The lowest BCUT2D eigenvalue weighted by atomic mass is 9.96. The second-order valence-electron chi connectivity index (χ2n) is 7.91. The molecule has 170 valence electrons. The number of ether oxygens (including phenoxy) is 2. The van der Waals surface area contributed by atoms with Gasteiger partial charge in [-0.15, -0.1) is 0 Å². The van der Waals surface area contributed by atoms with Crippen LogP contribution in [0.1, 0.15) is 28.5 Å². The minimum Gasteiger partial charge on any atom is -0.507 e. The Morgan fingerprint density at radius 1 is 1.34 bits per heavy atom. The van der Waals surface area contributed by atoms with Crippen molar-refractivity contribution in [2.45, 2.75) is 20.0 Å². The smallest absolute Gasteiger partial charge is 0.340 e. The van der Waals surface area contributed by atoms with E-state index in [1.165, 1.54) is 0 Å². The van der Waals surface area contributed by atoms with Gasteiger partial charge in [-0.2, -0.15) is 0 Å². The molecule has 2 N–H and O–H groups in total. The van der Waals surface area contributed by atoms with Gasteiger partial charge in [0.05, 0.1) is 30.9 Å². The van der Waals surface area contributed by atoms with Gasteiger partial charge in [0.2, 0.25) is 0 Å². The molecule has 3 aromatic rings. The topological polar surface area (TPSA) is 88.8 Å². The Labute approximate surface area is 187 Å². The highest BCUT2D eigenvalue weighted by Crippen LogP contribution is 2.41. The summed E-state index contributed by atoms with van der Waals surface area (Å²) in [4.78, 5) is 19.7. The monoisotopic (exact) mass is 438 g/mol. The van der Waals surface area contributed by atoms with Crippen molar-refractivity contribution in [3.8, 4) is 16.9 Å². The van der Waals surface area contributed by atoms with Gasteiger partial charge < -0.3 is 24.5 Å². The fourth-order valence-electron chi connectivity index (χ4n) is 4.38. The summed E-state index contributed by atoms with van der Waals surface area (Å²) in [5.74, 6) is -0.221. The second-order valence-corrected chi connectivity index (χ2v) is 7.91. The van der Waals surface area contributed by atoms with Crippen molar-refractivity contribution in [3.63, 3.8) is 0 Å². The van der Waals surface area contributed by atoms with Crippen LogP contribution in [-0.4, -0.2) is 65.5 Å². The van der Waals surface area contributed by atoms with Crippen LogP contribution >= 0.6 is 0 Å². The fraction of sp³-hybridized carbons (Fsp3) is 0.417. The number of phenolic OH excluding ortho intramolecular Hbond substituents is 1. The van der Waals surface area contributed by atoms with Crippen LogP contribution in [0.3, 0.4) is 0 Å². The number of carbonyl (C=O) groups is 1. The van der Waals surface area contributed by atoms with E-state index in [1.807, 2.05) is 32.3 Å². The molecule has 1 saturated heterocycles. The number of rotatable bonds is 7. The Morgan fingerprint density at radius 2 is 2.12 bits per heavy atom. The van der Waals surface area contributed by atoms with E-state index >= 15 is 0 Å². The average Bonchev–Trinajstić information content (AvgIpc) is 3.08. The number of carbonyl (C=O) groups excluding carboxylic acids is 1. The predicted octanol–water partition coefficient (Wildman–Crippen LogP) is 2.67. The first-order chi connectivity index (χ1) is 15.6. The normalized spacial score (nSPS) is 14.7. The number of aryl methyl sites for hydroxylation is 1. The first-order valence-electron chi connectivity index (χ1n) is 10.9. The molecule has 0 bridgehead atoms. The SMILES string of the molecule is CCOC(=O)c1c(CN2CCOCC2)n(C)c2cc(-c3cccnc3)c(O)c(CNC)c12. The summed E-state index contributed by atoms with van der Waals surface area (Å²) >= 11 is 0. The zero-order chi connectivity index (χ0) is 22.7. The minimum atomic E-state index is -0.368. The molecule has 4 rings (SSSR count). The fourth-order valence-corrected chi connectivity index (χ4v) is 4.38. The van der Waals surface area contributed by atoms with E-state index in [0.29, 0.717) is 43.0 Å². The van der Waals surface area contributed by atoms with Gasteiger partial charge in [-0.25, -0.2) is 4.79 Å². The molecule has 8 heteroatoms. The molecule has 2 aromatic heterocycles. The number of aromatic hydroxyl groups is 1. The molecular formula is C24H30N4O4. The number of hydrogen-bond donors (Lipinski definition) is 2. The number of esters is 1. The van der Waals surface area contributed by atoms with Gasteiger partial charge in [0.25, 0.3) is 0 Å². The van der Waals surface area contributed by atoms with E-state index in [2.05, 4.69) is 19.8 Å². The summed E-state index contributed by atoms with van der Waals surface area (Å²) in [5.41, 5.74) is 4.45. The van der Waals surface area contributed by atoms with Crippen LogP contribution < -0.4 is 5.32 Å². The molecule has 1 aliphatic rings. The van der Waals surface area contributed by atoms with Gasteiger partial charge in [0.1, 0.15) is 5.75 Å². The zero-order valence-electron chi connectivity index (χ0n) is 18.9. The van der Waals surface area contributed by atoms with E-state index in [9.17, 15) is 9.90 Å². The molecule has 3 heterocycles. The van der Waals surface area contributed by atoms with Gasteiger partial charge >= 0.3 is 5.97 Å². The lowest BCUT2D eigenvalue weighted by Gasteiger charge is -2.27. The van der Waals surface area contributed by atoms with E-state index in [0.717, 1.165) is 35.2 Å². The highest BCUT2D eigenvalue weighted by Gasteiger charge is 2.28. The minimum absolute atomic E-state index is 0.147. The summed E-state index contributed by atoms with van der Waals surface area (Å²) in [5, 5.41) is 15.1. The number of hydrogen-bond acceptors (Lipinski definition) is 7. The summed E-state index contributed by atoms with van der Waals surface area (Å²) in [6.45, 7) is 6.06. The molecule has 0 aliphatic carbocycles. The lowest BCUT2D eigenvalue weighted by Crippen LogP contribution is -2.36. The van der Waals surface area contributed by atoms with Gasteiger partial charge in [0.15, 0.2) is 0 Å². The van der Waals surface area contributed by atoms with Crippen molar-refractivity contribution >= 4 is 16.9 Å². The van der Waals surface area contributed by atoms with Crippen LogP contribution in [0.25, 0.3) is 22.0 Å². The molecule has 0 saturated carbocycles. The van der Waals surface area contributed by atoms with Crippen LogP contribution in [0.2, 0.25) is 0 Å². The highest BCUT2D eigenvalue weighted by atomic mass is 16.5. The standard InChI is InChI=1S/C24H30N4O4/c1-4-32-24(30)22-20(15-28-8-10-31-11-9-28)27(3)19-12-17(16-6-5-7-26-13-16)23(29)18(14-25-2)21(19)22/h5-7,12-13,25,29H,4,8-11,14-15H2,1-3H3. The molecule has 0 atom stereocenters. The van der Waals surface area contributed by atoms with Crippen molar-refractivity contribution in [3.05, 3.63) is 47.4 Å². The van der Waals surface area contributed by atoms with Crippen LogP contribution in [0.15, 0.2) is 30.6 Å². The van der Waals surface area contributed by atoms with Crippen molar-refractivity contribution in [1.29, 1.82) is 0 Å². The van der Waals surface area contributed by atoms with Gasteiger partial charge in [-0.05, 0) is 26.1 Å². The molecule has 8 nitrogen and oxygen atoms in total. The van der Waals surface area contributed by atoms with Crippen LogP contribution in [0.5, 0.6) is 5.75 Å². The molecular weight excluding hydrogens is 408 g/mol. The Kier molecular flexibility index (Phi) is 6.74. The third kappa shape index (κ3) is 4.09. The van der Waals surface area contributed by atoms with Crippen molar-refractivity contribution in [2.75, 3.05) is 40.0 Å². The van der Waals surface area contributed by atoms with Gasteiger partial charge in [-0.1, -0.05) is 6.07 Å². The Balaban J connectivity index is 1.98. The van der Waals surface area contributed by atoms with Crippen LogP contribution in [-0.2, 0) is 29.6 Å². The average molecular weight is 439 g/mol. The maximum atomic E-state index is 13.2. The summed E-state index contributed by atoms with van der Waals surface area (Å²) in [7, 11) is 3.79. The maximum absolute atomic E-state index is 13.2. The third-order valence-electron chi connectivity index (χ3n) is 5.97. The highest BCUT2D eigenvalue weighted by molar-refractivity contribution is 6.09. The van der Waals surface area contributed by atoms with Gasteiger partial charge in [0, 0.05) is 73.4 Å². The Morgan fingerprint density at radius 3 is 2.78 bits per heavy atom. The summed E-state index contributed by atoms with van der Waals surface area (Å²) < 4.78 is 13.0. The lowest BCUT2D eigenvalue weighted by molar-refractivity contribution is 0.0328. The largest absolute Gasteiger partial charge is 0.507 e. The van der Waals surface area contributed by atoms with Crippen LogP contribution in [0, 0.1) is 0 Å². The third-order valence-corrected chi connectivity index (χ3v) is 5.97. The van der Waals surface area contributed by atoms with Crippen molar-refractivity contribution < 1.29 is 19.4 Å². The Hall–Kier alpha value is -2.94. The quantitative estimate of drug-likeness (QED) is 0.548. The first-order valence-corrected chi connectivity index (χ1v) is 10.9. The van der Waals surface area contributed by atoms with Crippen LogP contribution in [0.4, 0.5) is 0 Å². The molecule has 1 aliphatic heterocycles. The number of morpholine rings is 1. The summed E-state index contributed by atoms with van der Waals surface area (Å²) in [6, 6.07) is 5.70. The molecule has 0 radical (unpaired) electrons. The maximum Gasteiger partial charge on any atom is 0.340 e. The Bertz CT molecular complexity index is 1100. The number of nitrogens with zero attached hydrogens (tertiary/aromatic N) is 3. The molecule has 1 aromatic carbocycles. The number of nitrogens with one attached hydrogen (secondary N) is 1. The zero-order valence-corrected chi connectivity index (χ0v) is 18.9. The van der Waals surface area contributed by atoms with E-state index in [1.54, 1.807) is 19.3 Å². The first kappa shape index (κ1) is 22.3. The number of phenols is 1. The molecule has 0 spiro atoms. The number of fused-ring (bicyclic) bond motifs is 1. The molecule has 0 amide bonds. The molecule has 1 fully saturated rings. The van der Waals surface area contributed by atoms with Gasteiger partial charge in [-0.3, -0.25) is 9.88 Å². The van der Waals surface area contributed by atoms with E-state index in [4.69, 9.17) is 9.47 Å². The van der Waals surface area contributed by atoms with E-state index < -0.39 is 0 Å². The van der Waals surface area contributed by atoms with Crippen molar-refractivity contribution in [2.24, 2.45) is 7.05 Å². The van der Waals surface area contributed by atoms with E-state index in [-0.39, 0.29) is 18.3 Å². The predicted molar refractivity (Wildman–Crippen MR) is 123 cm³/mol. The number of pyridine rings is 1. The van der Waals surface area contributed by atoms with Crippen molar-refractivity contribution in [1.82, 2.24) is 19.8 Å². The summed E-state index contributed by atoms with van der Waals surface area (Å²) in [6.07, 6.45) is 3.43.